The van der Waals surface area contributed by atoms with E-state index >= 15 is 0 Å². The highest BCUT2D eigenvalue weighted by molar-refractivity contribution is 5.93. The Labute approximate surface area is 196 Å². The summed E-state index contributed by atoms with van der Waals surface area (Å²) in [5.74, 6) is 1.81. The van der Waals surface area contributed by atoms with E-state index in [0.29, 0.717) is 35.3 Å². The van der Waals surface area contributed by atoms with Gasteiger partial charge < -0.3 is 10.6 Å². The molecule has 0 aliphatic carbocycles. The second-order valence-corrected chi connectivity index (χ2v) is 7.86. The van der Waals surface area contributed by atoms with E-state index in [2.05, 4.69) is 38.8 Å². The molecule has 0 aliphatic rings. The van der Waals surface area contributed by atoms with Crippen LogP contribution in [0.4, 0.5) is 17.6 Å². The monoisotopic (exact) mass is 443 g/mol. The molecule has 34 heavy (non-hydrogen) atoms. The van der Waals surface area contributed by atoms with Gasteiger partial charge in [-0.15, -0.1) is 0 Å². The fourth-order valence-corrected chi connectivity index (χ4v) is 3.96. The standard InChI is InChI=1S/C27H21N7/c1-3-9-19(10-4-1)17-29-25-23-26(34(18-30-23)21-12-5-2-6-13-21)33-27(32-25)31-24-22-14-8-7-11-20(22)15-16-28-24/h1-16,18H,17H2,(H2,28,29,31,32,33). The SMILES string of the molecule is c1ccc(CNc2nc(Nc3nccc4ccccc34)nc3c2ncn3-c2ccccc2)cc1. The van der Waals surface area contributed by atoms with Crippen molar-refractivity contribution in [2.75, 3.05) is 10.6 Å². The Hall–Kier alpha value is -4.78. The van der Waals surface area contributed by atoms with Gasteiger partial charge in [0.05, 0.1) is 0 Å². The zero-order chi connectivity index (χ0) is 22.7. The molecule has 3 heterocycles. The first kappa shape index (κ1) is 19.9. The number of para-hydroxylation sites is 1. The largest absolute Gasteiger partial charge is 0.364 e. The highest BCUT2D eigenvalue weighted by Crippen LogP contribution is 2.27. The van der Waals surface area contributed by atoms with Gasteiger partial charge in [0.15, 0.2) is 17.0 Å². The van der Waals surface area contributed by atoms with Crippen molar-refractivity contribution in [1.82, 2.24) is 24.5 Å². The van der Waals surface area contributed by atoms with Crippen molar-refractivity contribution in [3.8, 4) is 5.69 Å². The van der Waals surface area contributed by atoms with Crippen LogP contribution >= 0.6 is 0 Å². The first-order valence-corrected chi connectivity index (χ1v) is 11.0. The number of benzene rings is 3. The number of rotatable bonds is 6. The van der Waals surface area contributed by atoms with Gasteiger partial charge in [-0.05, 0) is 29.1 Å². The lowest BCUT2D eigenvalue weighted by atomic mass is 10.1. The molecular weight excluding hydrogens is 422 g/mol. The van der Waals surface area contributed by atoms with Crippen molar-refractivity contribution >= 4 is 39.5 Å². The minimum absolute atomic E-state index is 0.449. The summed E-state index contributed by atoms with van der Waals surface area (Å²) in [4.78, 5) is 18.8. The summed E-state index contributed by atoms with van der Waals surface area (Å²) in [5, 5.41) is 8.88. The summed E-state index contributed by atoms with van der Waals surface area (Å²) in [7, 11) is 0. The number of fused-ring (bicyclic) bond motifs is 2. The van der Waals surface area contributed by atoms with Crippen LogP contribution in [0.25, 0.3) is 27.6 Å². The molecule has 0 fully saturated rings. The summed E-state index contributed by atoms with van der Waals surface area (Å²) in [5.41, 5.74) is 3.55. The number of aromatic nitrogens is 5. The van der Waals surface area contributed by atoms with Gasteiger partial charge >= 0.3 is 0 Å². The van der Waals surface area contributed by atoms with Crippen LogP contribution in [0, 0.1) is 0 Å². The third kappa shape index (κ3) is 3.80. The van der Waals surface area contributed by atoms with Crippen LogP contribution in [0.3, 0.4) is 0 Å². The van der Waals surface area contributed by atoms with Crippen LogP contribution in [0.5, 0.6) is 0 Å². The van der Waals surface area contributed by atoms with Crippen LogP contribution in [-0.2, 0) is 6.54 Å². The van der Waals surface area contributed by atoms with Gasteiger partial charge in [-0.2, -0.15) is 9.97 Å². The lowest BCUT2D eigenvalue weighted by Crippen LogP contribution is -2.07. The van der Waals surface area contributed by atoms with E-state index < -0.39 is 0 Å². The van der Waals surface area contributed by atoms with Crippen molar-refractivity contribution in [2.45, 2.75) is 6.54 Å². The molecule has 6 aromatic rings. The molecule has 0 unspecified atom stereocenters. The number of pyridine rings is 1. The molecule has 7 heteroatoms. The van der Waals surface area contributed by atoms with E-state index in [1.54, 1.807) is 12.5 Å². The molecule has 0 spiro atoms. The van der Waals surface area contributed by atoms with Gasteiger partial charge in [0, 0.05) is 23.8 Å². The Morgan fingerprint density at radius 1 is 0.706 bits per heavy atom. The van der Waals surface area contributed by atoms with Gasteiger partial charge in [0.2, 0.25) is 5.95 Å². The molecule has 0 saturated heterocycles. The summed E-state index contributed by atoms with van der Waals surface area (Å²) in [6.07, 6.45) is 3.56. The number of hydrogen-bond acceptors (Lipinski definition) is 6. The van der Waals surface area contributed by atoms with Gasteiger partial charge in [-0.25, -0.2) is 9.97 Å². The maximum Gasteiger partial charge on any atom is 0.232 e. The van der Waals surface area contributed by atoms with Crippen molar-refractivity contribution in [2.24, 2.45) is 0 Å². The zero-order valence-corrected chi connectivity index (χ0v) is 18.3. The highest BCUT2D eigenvalue weighted by atomic mass is 15.2. The molecule has 3 aromatic carbocycles. The Bertz CT molecular complexity index is 1570. The Morgan fingerprint density at radius 3 is 2.32 bits per heavy atom. The molecule has 0 saturated carbocycles. The number of imidazole rings is 1. The number of hydrogen-bond donors (Lipinski definition) is 2. The Kier molecular flexibility index (Phi) is 5.04. The molecular formula is C27H21N7. The molecule has 3 aromatic heterocycles. The molecule has 0 bridgehead atoms. The van der Waals surface area contributed by atoms with Crippen LogP contribution in [0.2, 0.25) is 0 Å². The van der Waals surface area contributed by atoms with E-state index in [1.165, 1.54) is 0 Å². The number of nitrogens with one attached hydrogen (secondary N) is 2. The van der Waals surface area contributed by atoms with Crippen molar-refractivity contribution < 1.29 is 0 Å². The summed E-state index contributed by atoms with van der Waals surface area (Å²) in [6, 6.07) is 30.3. The maximum atomic E-state index is 4.83. The van der Waals surface area contributed by atoms with Gasteiger partial charge in [-0.1, -0.05) is 72.8 Å². The van der Waals surface area contributed by atoms with E-state index in [-0.39, 0.29) is 0 Å². The molecule has 0 radical (unpaired) electrons. The summed E-state index contributed by atoms with van der Waals surface area (Å²) in [6.45, 7) is 0.622. The molecule has 0 aliphatic heterocycles. The summed E-state index contributed by atoms with van der Waals surface area (Å²) >= 11 is 0. The van der Waals surface area contributed by atoms with Crippen molar-refractivity contribution in [3.05, 3.63) is 109 Å². The first-order chi connectivity index (χ1) is 16.8. The third-order valence-corrected chi connectivity index (χ3v) is 5.64. The van der Waals surface area contributed by atoms with Crippen LogP contribution in [0.1, 0.15) is 5.56 Å². The molecule has 2 N–H and O–H groups in total. The normalized spacial score (nSPS) is 11.1. The molecule has 6 rings (SSSR count). The average molecular weight is 444 g/mol. The number of anilines is 3. The molecule has 164 valence electrons. The van der Waals surface area contributed by atoms with Crippen LogP contribution in [-0.4, -0.2) is 24.5 Å². The second-order valence-electron chi connectivity index (χ2n) is 7.86. The maximum absolute atomic E-state index is 4.83. The van der Waals surface area contributed by atoms with Gasteiger partial charge in [0.1, 0.15) is 12.1 Å². The minimum Gasteiger partial charge on any atom is -0.364 e. The van der Waals surface area contributed by atoms with Crippen LogP contribution in [0.15, 0.2) is 104 Å². The fraction of sp³-hybridized carbons (Fsp3) is 0.0370. The van der Waals surface area contributed by atoms with Gasteiger partial charge in [-0.3, -0.25) is 4.57 Å². The molecule has 7 nitrogen and oxygen atoms in total. The van der Waals surface area contributed by atoms with E-state index in [1.807, 2.05) is 77.4 Å². The van der Waals surface area contributed by atoms with Crippen LogP contribution < -0.4 is 10.6 Å². The predicted molar refractivity (Wildman–Crippen MR) is 135 cm³/mol. The van der Waals surface area contributed by atoms with E-state index in [9.17, 15) is 0 Å². The third-order valence-electron chi connectivity index (χ3n) is 5.64. The summed E-state index contributed by atoms with van der Waals surface area (Å²) < 4.78 is 1.96. The lowest BCUT2D eigenvalue weighted by molar-refractivity contribution is 1.05. The molecule has 0 amide bonds. The fourth-order valence-electron chi connectivity index (χ4n) is 3.96. The Balaban J connectivity index is 1.45. The van der Waals surface area contributed by atoms with Crippen molar-refractivity contribution in [3.63, 3.8) is 0 Å². The zero-order valence-electron chi connectivity index (χ0n) is 18.3. The van der Waals surface area contributed by atoms with E-state index in [4.69, 9.17) is 9.97 Å². The second kappa shape index (κ2) is 8.63. The average Bonchev–Trinajstić information content (AvgIpc) is 3.33. The highest BCUT2D eigenvalue weighted by Gasteiger charge is 2.15. The smallest absolute Gasteiger partial charge is 0.232 e. The minimum atomic E-state index is 0.449. The lowest BCUT2D eigenvalue weighted by Gasteiger charge is -2.12. The van der Waals surface area contributed by atoms with Gasteiger partial charge in [0.25, 0.3) is 0 Å². The number of nitrogens with zero attached hydrogens (tertiary/aromatic N) is 5. The topological polar surface area (TPSA) is 80.6 Å². The predicted octanol–water partition coefficient (Wildman–Crippen LogP) is 5.72. The Morgan fingerprint density at radius 2 is 1.47 bits per heavy atom. The molecule has 0 atom stereocenters. The van der Waals surface area contributed by atoms with Crippen molar-refractivity contribution in [1.29, 1.82) is 0 Å². The quantitative estimate of drug-likeness (QED) is 0.343. The van der Waals surface area contributed by atoms with E-state index in [0.717, 1.165) is 22.0 Å². The first-order valence-electron chi connectivity index (χ1n) is 11.0.